The number of Topliss-reactive ketones (excluding diaryl/α,β-unsaturated/α-hetero) is 1. The molecule has 130 valence electrons. The van der Waals surface area contributed by atoms with Crippen molar-refractivity contribution >= 4 is 23.3 Å². The Hall–Kier alpha value is -3.02. The van der Waals surface area contributed by atoms with Crippen LogP contribution in [0.25, 0.3) is 0 Å². The van der Waals surface area contributed by atoms with Crippen LogP contribution < -0.4 is 5.32 Å². The number of esters is 1. The van der Waals surface area contributed by atoms with Crippen LogP contribution in [-0.4, -0.2) is 24.3 Å². The summed E-state index contributed by atoms with van der Waals surface area (Å²) >= 11 is 0. The molecule has 0 saturated carbocycles. The summed E-state index contributed by atoms with van der Waals surface area (Å²) in [5.74, 6) is -1.48. The van der Waals surface area contributed by atoms with Gasteiger partial charge in [0.2, 0.25) is 5.91 Å². The van der Waals surface area contributed by atoms with Gasteiger partial charge >= 0.3 is 5.97 Å². The third kappa shape index (κ3) is 5.53. The lowest BCUT2D eigenvalue weighted by Crippen LogP contribution is -2.14. The van der Waals surface area contributed by atoms with Crippen molar-refractivity contribution in [1.29, 1.82) is 0 Å². The number of hydrogen-bond donors (Lipinski definition) is 1. The minimum atomic E-state index is -0.468. The lowest BCUT2D eigenvalue weighted by Gasteiger charge is -2.07. The monoisotopic (exact) mass is 343 g/mol. The molecular weight excluding hydrogens is 325 g/mol. The molecule has 2 aromatic rings. The molecule has 0 atom stereocenters. The highest BCUT2D eigenvalue weighted by Crippen LogP contribution is 2.13. The second-order valence-electron chi connectivity index (χ2n) is 5.28. The Morgan fingerprint density at radius 1 is 1.00 bits per heavy atom. The van der Waals surface area contributed by atoms with Gasteiger partial charge in [-0.05, 0) is 49.4 Å². The molecule has 0 bridgehead atoms. The van der Waals surface area contributed by atoms with Crippen LogP contribution in [0.1, 0.15) is 40.5 Å². The Bertz CT molecular complexity index is 771. The smallest absolute Gasteiger partial charge is 0.338 e. The van der Waals surface area contributed by atoms with Crippen LogP contribution in [0.15, 0.2) is 48.5 Å². The van der Waals surface area contributed by atoms with Crippen molar-refractivity contribution in [3.63, 3.8) is 0 Å². The molecular formula is C19H18FNO4. The highest BCUT2D eigenvalue weighted by molar-refractivity contribution is 6.00. The molecule has 5 nitrogen and oxygen atoms in total. The molecule has 0 aliphatic carbocycles. The van der Waals surface area contributed by atoms with Crippen molar-refractivity contribution in [3.05, 3.63) is 65.5 Å². The van der Waals surface area contributed by atoms with E-state index in [9.17, 15) is 18.8 Å². The summed E-state index contributed by atoms with van der Waals surface area (Å²) in [4.78, 5) is 35.6. The van der Waals surface area contributed by atoms with E-state index in [1.807, 2.05) is 0 Å². The van der Waals surface area contributed by atoms with E-state index in [1.54, 1.807) is 25.1 Å². The minimum Gasteiger partial charge on any atom is -0.462 e. The van der Waals surface area contributed by atoms with Gasteiger partial charge in [-0.3, -0.25) is 9.59 Å². The Kier molecular flexibility index (Phi) is 6.39. The van der Waals surface area contributed by atoms with Gasteiger partial charge in [0.1, 0.15) is 5.82 Å². The first-order valence-electron chi connectivity index (χ1n) is 7.85. The lowest BCUT2D eigenvalue weighted by molar-refractivity contribution is -0.116. The van der Waals surface area contributed by atoms with Gasteiger partial charge in [0.05, 0.1) is 12.2 Å². The average Bonchev–Trinajstić information content (AvgIpc) is 2.61. The van der Waals surface area contributed by atoms with E-state index in [4.69, 9.17) is 4.74 Å². The molecule has 0 aromatic heterocycles. The fraction of sp³-hybridized carbons (Fsp3) is 0.211. The Labute approximate surface area is 144 Å². The molecule has 0 fully saturated rings. The summed E-state index contributed by atoms with van der Waals surface area (Å²) < 4.78 is 17.7. The van der Waals surface area contributed by atoms with Gasteiger partial charge in [-0.2, -0.15) is 0 Å². The summed E-state index contributed by atoms with van der Waals surface area (Å²) in [6, 6.07) is 11.6. The minimum absolute atomic E-state index is 0.00896. The number of carbonyl (C=O) groups excluding carboxylic acids is 3. The van der Waals surface area contributed by atoms with Crippen molar-refractivity contribution in [2.24, 2.45) is 0 Å². The van der Waals surface area contributed by atoms with E-state index in [2.05, 4.69) is 5.32 Å². The summed E-state index contributed by atoms with van der Waals surface area (Å²) in [6.45, 7) is 1.97. The molecule has 2 rings (SSSR count). The van der Waals surface area contributed by atoms with Crippen molar-refractivity contribution < 1.29 is 23.5 Å². The largest absolute Gasteiger partial charge is 0.462 e. The summed E-state index contributed by atoms with van der Waals surface area (Å²) in [6.07, 6.45) is -0.00508. The van der Waals surface area contributed by atoms with Crippen LogP contribution in [0.3, 0.4) is 0 Å². The lowest BCUT2D eigenvalue weighted by atomic mass is 10.1. The molecule has 0 aliphatic heterocycles. The third-order valence-electron chi connectivity index (χ3n) is 3.40. The molecule has 2 aromatic carbocycles. The third-order valence-corrected chi connectivity index (χ3v) is 3.40. The van der Waals surface area contributed by atoms with Crippen LogP contribution in [0.5, 0.6) is 0 Å². The van der Waals surface area contributed by atoms with E-state index < -0.39 is 11.8 Å². The van der Waals surface area contributed by atoms with Gasteiger partial charge in [0.15, 0.2) is 5.78 Å². The number of anilines is 1. The topological polar surface area (TPSA) is 72.5 Å². The van der Waals surface area contributed by atoms with E-state index in [0.29, 0.717) is 16.8 Å². The van der Waals surface area contributed by atoms with Gasteiger partial charge in [-0.15, -0.1) is 0 Å². The number of nitrogens with one attached hydrogen (secondary N) is 1. The average molecular weight is 343 g/mol. The molecule has 1 amide bonds. The summed E-state index contributed by atoms with van der Waals surface area (Å²) in [5, 5.41) is 2.64. The Balaban J connectivity index is 1.90. The number of rotatable bonds is 7. The van der Waals surface area contributed by atoms with Gasteiger partial charge in [-0.25, -0.2) is 9.18 Å². The summed E-state index contributed by atoms with van der Waals surface area (Å²) in [5.41, 5.74) is 1.14. The maximum Gasteiger partial charge on any atom is 0.338 e. The van der Waals surface area contributed by atoms with Crippen LogP contribution >= 0.6 is 0 Å². The van der Waals surface area contributed by atoms with Crippen LogP contribution in [0, 0.1) is 5.82 Å². The fourth-order valence-electron chi connectivity index (χ4n) is 2.17. The Morgan fingerprint density at radius 2 is 1.72 bits per heavy atom. The second-order valence-corrected chi connectivity index (χ2v) is 5.28. The molecule has 0 saturated heterocycles. The van der Waals surface area contributed by atoms with E-state index >= 15 is 0 Å². The maximum atomic E-state index is 12.8. The number of ether oxygens (including phenoxy) is 1. The van der Waals surface area contributed by atoms with Crippen LogP contribution in [-0.2, 0) is 9.53 Å². The molecule has 25 heavy (non-hydrogen) atoms. The molecule has 6 heteroatoms. The highest BCUT2D eigenvalue weighted by atomic mass is 19.1. The first kappa shape index (κ1) is 18.3. The van der Waals surface area contributed by atoms with Gasteiger partial charge in [0, 0.05) is 24.1 Å². The Morgan fingerprint density at radius 3 is 2.40 bits per heavy atom. The number of amides is 1. The van der Waals surface area contributed by atoms with Crippen molar-refractivity contribution in [2.45, 2.75) is 19.8 Å². The highest BCUT2D eigenvalue weighted by Gasteiger charge is 2.11. The fourth-order valence-corrected chi connectivity index (χ4v) is 2.17. The number of ketones is 1. The molecule has 1 N–H and O–H groups in total. The molecule has 0 heterocycles. The van der Waals surface area contributed by atoms with Gasteiger partial charge in [-0.1, -0.05) is 6.07 Å². The maximum absolute atomic E-state index is 12.8. The van der Waals surface area contributed by atoms with E-state index in [-0.39, 0.29) is 31.1 Å². The summed E-state index contributed by atoms with van der Waals surface area (Å²) in [7, 11) is 0. The predicted molar refractivity (Wildman–Crippen MR) is 91.0 cm³/mol. The normalized spacial score (nSPS) is 10.2. The molecule has 0 radical (unpaired) electrons. The first-order valence-corrected chi connectivity index (χ1v) is 7.85. The molecule has 0 unspecified atom stereocenters. The number of carbonyl (C=O) groups is 3. The number of halogens is 1. The SMILES string of the molecule is CCOC(=O)c1cccc(NC(=O)CCC(=O)c2ccc(F)cc2)c1. The zero-order valence-corrected chi connectivity index (χ0v) is 13.8. The van der Waals surface area contributed by atoms with Crippen LogP contribution in [0.4, 0.5) is 10.1 Å². The first-order chi connectivity index (χ1) is 12.0. The van der Waals surface area contributed by atoms with Crippen LogP contribution in [0.2, 0.25) is 0 Å². The quantitative estimate of drug-likeness (QED) is 0.616. The van der Waals surface area contributed by atoms with Crippen molar-refractivity contribution in [3.8, 4) is 0 Å². The second kappa shape index (κ2) is 8.73. The van der Waals surface area contributed by atoms with Crippen molar-refractivity contribution in [1.82, 2.24) is 0 Å². The van der Waals surface area contributed by atoms with Gasteiger partial charge < -0.3 is 10.1 Å². The number of benzene rings is 2. The molecule has 0 spiro atoms. The van der Waals surface area contributed by atoms with Crippen molar-refractivity contribution in [2.75, 3.05) is 11.9 Å². The zero-order valence-electron chi connectivity index (χ0n) is 13.8. The predicted octanol–water partition coefficient (Wildman–Crippen LogP) is 3.60. The van der Waals surface area contributed by atoms with E-state index in [1.165, 1.54) is 30.3 Å². The standard InChI is InChI=1S/C19H18FNO4/c1-2-25-19(24)14-4-3-5-16(12-14)21-18(23)11-10-17(22)13-6-8-15(20)9-7-13/h3-9,12H,2,10-11H2,1H3,(H,21,23). The van der Waals surface area contributed by atoms with E-state index in [0.717, 1.165) is 0 Å². The number of hydrogen-bond acceptors (Lipinski definition) is 4. The zero-order chi connectivity index (χ0) is 18.2. The molecule has 0 aliphatic rings. The van der Waals surface area contributed by atoms with Gasteiger partial charge in [0.25, 0.3) is 0 Å².